The fourth-order valence-electron chi connectivity index (χ4n) is 1.44. The van der Waals surface area contributed by atoms with Crippen molar-refractivity contribution >= 4 is 23.0 Å². The van der Waals surface area contributed by atoms with Crippen LogP contribution in [-0.2, 0) is 5.88 Å². The molecule has 0 bridgehead atoms. The average molecular weight is 254 g/mol. The minimum atomic E-state index is -0.448. The minimum absolute atomic E-state index is 0.0254. The second-order valence-electron chi connectivity index (χ2n) is 3.53. The first-order valence-corrected chi connectivity index (χ1v) is 5.55. The molecule has 1 aromatic carbocycles. The fourth-order valence-corrected chi connectivity index (χ4v) is 1.66. The molecule has 0 unspecified atom stereocenters. The van der Waals surface area contributed by atoms with Gasteiger partial charge in [-0.1, -0.05) is 0 Å². The fraction of sp³-hybridized carbons (Fsp3) is 0.364. The second-order valence-corrected chi connectivity index (χ2v) is 3.80. The van der Waals surface area contributed by atoms with Crippen LogP contribution >= 0.6 is 11.6 Å². The standard InChI is InChI=1S/C11H12ClN3O2/c1-14(6-2-5-13)10-3-4-11(15(16)17)9(7-10)8-12/h3-4,7H,2,6,8H2,1H3. The van der Waals surface area contributed by atoms with Crippen LogP contribution in [0.3, 0.4) is 0 Å². The summed E-state index contributed by atoms with van der Waals surface area (Å²) < 4.78 is 0. The number of benzene rings is 1. The number of anilines is 1. The van der Waals surface area contributed by atoms with Gasteiger partial charge in [-0.15, -0.1) is 11.6 Å². The highest BCUT2D eigenvalue weighted by Crippen LogP contribution is 2.25. The normalized spacial score (nSPS) is 9.71. The quantitative estimate of drug-likeness (QED) is 0.460. The van der Waals surface area contributed by atoms with Crippen molar-refractivity contribution in [2.45, 2.75) is 12.3 Å². The molecule has 0 aromatic heterocycles. The highest BCUT2D eigenvalue weighted by molar-refractivity contribution is 6.17. The zero-order valence-electron chi connectivity index (χ0n) is 9.39. The number of alkyl halides is 1. The van der Waals surface area contributed by atoms with E-state index < -0.39 is 4.92 Å². The van der Waals surface area contributed by atoms with Crippen molar-refractivity contribution in [3.05, 3.63) is 33.9 Å². The van der Waals surface area contributed by atoms with E-state index >= 15 is 0 Å². The molecule has 0 saturated carbocycles. The Morgan fingerprint density at radius 1 is 1.59 bits per heavy atom. The number of halogens is 1. The van der Waals surface area contributed by atoms with E-state index in [2.05, 4.69) is 6.07 Å². The molecule has 0 aliphatic heterocycles. The molecule has 0 aliphatic carbocycles. The van der Waals surface area contributed by atoms with Crippen LogP contribution in [0, 0.1) is 21.4 Å². The van der Waals surface area contributed by atoms with Crippen LogP contribution in [0.5, 0.6) is 0 Å². The summed E-state index contributed by atoms with van der Waals surface area (Å²) in [7, 11) is 1.83. The molecule has 90 valence electrons. The first kappa shape index (κ1) is 13.3. The predicted octanol–water partition coefficient (Wildman–Crippen LogP) is 2.68. The summed E-state index contributed by atoms with van der Waals surface area (Å²) in [4.78, 5) is 12.1. The Labute approximate surface area is 104 Å². The van der Waals surface area contributed by atoms with Crippen LogP contribution in [0.25, 0.3) is 0 Å². The summed E-state index contributed by atoms with van der Waals surface area (Å²) in [6, 6.07) is 6.83. The average Bonchev–Trinajstić information content (AvgIpc) is 2.34. The Morgan fingerprint density at radius 2 is 2.29 bits per heavy atom. The Bertz CT molecular complexity index is 457. The second kappa shape index (κ2) is 6.06. The predicted molar refractivity (Wildman–Crippen MR) is 66.2 cm³/mol. The maximum Gasteiger partial charge on any atom is 0.273 e. The SMILES string of the molecule is CN(CCC#N)c1ccc([N+](=O)[O-])c(CCl)c1. The molecule has 0 heterocycles. The molecule has 0 saturated heterocycles. The van der Waals surface area contributed by atoms with Gasteiger partial charge in [0.05, 0.1) is 23.3 Å². The van der Waals surface area contributed by atoms with E-state index in [1.165, 1.54) is 6.07 Å². The van der Waals surface area contributed by atoms with Gasteiger partial charge in [0.1, 0.15) is 0 Å². The lowest BCUT2D eigenvalue weighted by Gasteiger charge is -2.18. The summed E-state index contributed by atoms with van der Waals surface area (Å²) in [5.41, 5.74) is 1.33. The molecular formula is C11H12ClN3O2. The van der Waals surface area contributed by atoms with Gasteiger partial charge in [-0.3, -0.25) is 10.1 Å². The van der Waals surface area contributed by atoms with Crippen molar-refractivity contribution in [3.8, 4) is 6.07 Å². The summed E-state index contributed by atoms with van der Waals surface area (Å²) >= 11 is 5.68. The van der Waals surface area contributed by atoms with Crippen molar-refractivity contribution in [1.82, 2.24) is 0 Å². The van der Waals surface area contributed by atoms with Gasteiger partial charge in [-0.2, -0.15) is 5.26 Å². The van der Waals surface area contributed by atoms with Gasteiger partial charge >= 0.3 is 0 Å². The van der Waals surface area contributed by atoms with Gasteiger partial charge < -0.3 is 4.90 Å². The van der Waals surface area contributed by atoms with E-state index in [0.29, 0.717) is 18.5 Å². The van der Waals surface area contributed by atoms with E-state index in [1.807, 2.05) is 11.9 Å². The van der Waals surface area contributed by atoms with Crippen LogP contribution in [0.4, 0.5) is 11.4 Å². The molecule has 5 nitrogen and oxygen atoms in total. The number of nitriles is 1. The third kappa shape index (κ3) is 3.33. The lowest BCUT2D eigenvalue weighted by atomic mass is 10.1. The Kier molecular flexibility index (Phi) is 4.73. The van der Waals surface area contributed by atoms with Gasteiger partial charge in [-0.25, -0.2) is 0 Å². The van der Waals surface area contributed by atoms with Gasteiger partial charge in [-0.05, 0) is 12.1 Å². The summed E-state index contributed by atoms with van der Waals surface area (Å²) in [5, 5.41) is 19.2. The maximum atomic E-state index is 10.7. The molecule has 0 spiro atoms. The molecule has 1 rings (SSSR count). The zero-order chi connectivity index (χ0) is 12.8. The number of nitro groups is 1. The monoisotopic (exact) mass is 253 g/mol. The van der Waals surface area contributed by atoms with Crippen LogP contribution in [-0.4, -0.2) is 18.5 Å². The Hall–Kier alpha value is -1.80. The van der Waals surface area contributed by atoms with Crippen molar-refractivity contribution in [2.24, 2.45) is 0 Å². The first-order valence-electron chi connectivity index (χ1n) is 5.01. The number of nitrogens with zero attached hydrogens (tertiary/aromatic N) is 3. The summed E-state index contributed by atoms with van der Waals surface area (Å²) in [6.45, 7) is 0.579. The van der Waals surface area contributed by atoms with Crippen LogP contribution in [0.15, 0.2) is 18.2 Å². The van der Waals surface area contributed by atoms with E-state index in [-0.39, 0.29) is 11.6 Å². The lowest BCUT2D eigenvalue weighted by molar-refractivity contribution is -0.385. The van der Waals surface area contributed by atoms with Gasteiger partial charge in [0.15, 0.2) is 0 Å². The van der Waals surface area contributed by atoms with Crippen LogP contribution in [0.2, 0.25) is 0 Å². The molecule has 0 N–H and O–H groups in total. The Morgan fingerprint density at radius 3 is 2.82 bits per heavy atom. The molecule has 0 aliphatic rings. The Balaban J connectivity index is 2.97. The maximum absolute atomic E-state index is 10.7. The smallest absolute Gasteiger partial charge is 0.273 e. The largest absolute Gasteiger partial charge is 0.374 e. The molecule has 0 radical (unpaired) electrons. The third-order valence-electron chi connectivity index (χ3n) is 2.40. The molecule has 6 heteroatoms. The van der Waals surface area contributed by atoms with Crippen molar-refractivity contribution in [3.63, 3.8) is 0 Å². The number of hydrogen-bond donors (Lipinski definition) is 0. The molecule has 1 aromatic rings. The van der Waals surface area contributed by atoms with Gasteiger partial charge in [0, 0.05) is 30.9 Å². The van der Waals surface area contributed by atoms with E-state index in [9.17, 15) is 10.1 Å². The van der Waals surface area contributed by atoms with Crippen molar-refractivity contribution < 1.29 is 4.92 Å². The minimum Gasteiger partial charge on any atom is -0.374 e. The topological polar surface area (TPSA) is 70.2 Å². The molecule has 0 fully saturated rings. The number of nitro benzene ring substituents is 1. The first-order chi connectivity index (χ1) is 8.10. The molecule has 17 heavy (non-hydrogen) atoms. The molecular weight excluding hydrogens is 242 g/mol. The molecule has 0 amide bonds. The number of hydrogen-bond acceptors (Lipinski definition) is 4. The summed E-state index contributed by atoms with van der Waals surface area (Å²) in [6.07, 6.45) is 0.406. The van der Waals surface area contributed by atoms with Crippen LogP contribution in [0.1, 0.15) is 12.0 Å². The van der Waals surface area contributed by atoms with Crippen LogP contribution < -0.4 is 4.90 Å². The van der Waals surface area contributed by atoms with E-state index in [4.69, 9.17) is 16.9 Å². The van der Waals surface area contributed by atoms with Crippen molar-refractivity contribution in [1.29, 1.82) is 5.26 Å². The van der Waals surface area contributed by atoms with Gasteiger partial charge in [0.25, 0.3) is 5.69 Å². The van der Waals surface area contributed by atoms with Crippen molar-refractivity contribution in [2.75, 3.05) is 18.5 Å². The zero-order valence-corrected chi connectivity index (χ0v) is 10.1. The highest BCUT2D eigenvalue weighted by atomic mass is 35.5. The third-order valence-corrected chi connectivity index (χ3v) is 2.69. The lowest BCUT2D eigenvalue weighted by Crippen LogP contribution is -2.18. The van der Waals surface area contributed by atoms with Gasteiger partial charge in [0.2, 0.25) is 0 Å². The van der Waals surface area contributed by atoms with E-state index in [1.54, 1.807) is 12.1 Å². The summed E-state index contributed by atoms with van der Waals surface area (Å²) in [5.74, 6) is 0.0935. The highest BCUT2D eigenvalue weighted by Gasteiger charge is 2.14. The van der Waals surface area contributed by atoms with E-state index in [0.717, 1.165) is 5.69 Å². The molecule has 0 atom stereocenters. The number of rotatable bonds is 5.